The van der Waals surface area contributed by atoms with E-state index < -0.39 is 9.05 Å². The molecule has 0 saturated carbocycles. The van der Waals surface area contributed by atoms with Gasteiger partial charge in [-0.15, -0.1) is 0 Å². The molecule has 0 aliphatic carbocycles. The first kappa shape index (κ1) is 14.6. The van der Waals surface area contributed by atoms with Gasteiger partial charge in [-0.1, -0.05) is 0 Å². The highest BCUT2D eigenvalue weighted by Crippen LogP contribution is 2.40. The average molecular weight is 344 g/mol. The fraction of sp³-hybridized carbons (Fsp3) is 0.400. The molecule has 0 saturated heterocycles. The van der Waals surface area contributed by atoms with Gasteiger partial charge in [0.2, 0.25) is 9.05 Å². The van der Waals surface area contributed by atoms with Crippen LogP contribution >= 0.6 is 26.6 Å². The number of rotatable bonds is 4. The molecule has 1 aromatic carbocycles. The van der Waals surface area contributed by atoms with Crippen LogP contribution in [0.1, 0.15) is 11.1 Å². The molecule has 4 nitrogen and oxygen atoms in total. The zero-order valence-electron chi connectivity index (χ0n) is 9.58. The minimum atomic E-state index is -3.61. The van der Waals surface area contributed by atoms with Crippen LogP contribution in [-0.4, -0.2) is 22.6 Å². The normalized spacial score (nSPS) is 11.4. The Hall–Kier alpha value is -0.460. The minimum Gasteiger partial charge on any atom is -0.493 e. The molecule has 1 rings (SSSR count). The van der Waals surface area contributed by atoms with Crippen LogP contribution < -0.4 is 9.47 Å². The van der Waals surface area contributed by atoms with Gasteiger partial charge in [-0.3, -0.25) is 0 Å². The van der Waals surface area contributed by atoms with E-state index >= 15 is 0 Å². The van der Waals surface area contributed by atoms with Crippen molar-refractivity contribution in [1.29, 1.82) is 0 Å². The lowest BCUT2D eigenvalue weighted by molar-refractivity contribution is 0.350. The lowest BCUT2D eigenvalue weighted by Gasteiger charge is -2.15. The molecule has 0 atom stereocenters. The predicted octanol–water partition coefficient (Wildman–Crippen LogP) is 2.84. The maximum Gasteiger partial charge on any atom is 0.236 e. The summed E-state index contributed by atoms with van der Waals surface area (Å²) in [5.74, 6) is 0.775. The zero-order valence-corrected chi connectivity index (χ0v) is 12.7. The third-order valence-electron chi connectivity index (χ3n) is 2.28. The smallest absolute Gasteiger partial charge is 0.236 e. The van der Waals surface area contributed by atoms with Gasteiger partial charge < -0.3 is 9.47 Å². The molecular formula is C10H12BrClO4S. The minimum absolute atomic E-state index is 0.251. The summed E-state index contributed by atoms with van der Waals surface area (Å²) in [7, 11) is 4.65. The Kier molecular flexibility index (Phi) is 4.69. The van der Waals surface area contributed by atoms with E-state index in [1.807, 2.05) is 0 Å². The average Bonchev–Trinajstić information content (AvgIpc) is 2.20. The molecule has 96 valence electrons. The fourth-order valence-electron chi connectivity index (χ4n) is 1.52. The fourth-order valence-corrected chi connectivity index (χ4v) is 3.17. The second-order valence-corrected chi connectivity index (χ2v) is 7.02. The molecule has 0 aliphatic rings. The van der Waals surface area contributed by atoms with Crippen molar-refractivity contribution in [1.82, 2.24) is 0 Å². The van der Waals surface area contributed by atoms with Crippen molar-refractivity contribution in [3.8, 4) is 11.5 Å². The van der Waals surface area contributed by atoms with Crippen LogP contribution in [0.2, 0.25) is 0 Å². The van der Waals surface area contributed by atoms with E-state index in [1.165, 1.54) is 14.2 Å². The molecule has 0 fully saturated rings. The van der Waals surface area contributed by atoms with E-state index in [9.17, 15) is 8.42 Å². The molecule has 0 radical (unpaired) electrons. The number of hydrogen-bond donors (Lipinski definition) is 0. The van der Waals surface area contributed by atoms with Crippen LogP contribution in [0.5, 0.6) is 11.5 Å². The topological polar surface area (TPSA) is 52.6 Å². The second-order valence-electron chi connectivity index (χ2n) is 3.39. The summed E-state index contributed by atoms with van der Waals surface area (Å²) in [4.78, 5) is 0. The van der Waals surface area contributed by atoms with Gasteiger partial charge in [0.1, 0.15) is 0 Å². The van der Waals surface area contributed by atoms with Crippen LogP contribution in [0.3, 0.4) is 0 Å². The number of benzene rings is 1. The first-order chi connectivity index (χ1) is 7.80. The first-order valence-corrected chi connectivity index (χ1v) is 7.89. The van der Waals surface area contributed by atoms with Crippen molar-refractivity contribution in [3.63, 3.8) is 0 Å². The second kappa shape index (κ2) is 5.46. The summed E-state index contributed by atoms with van der Waals surface area (Å²) < 4.78 is 33.2. The standard InChI is InChI=1S/C10H12BrClO4S/c1-6-7(5-17(12,13)14)4-8(11)10(16-3)9(6)15-2/h4H,5H2,1-3H3. The van der Waals surface area contributed by atoms with Crippen LogP contribution in [0.15, 0.2) is 10.5 Å². The molecule has 0 aliphatic heterocycles. The summed E-state index contributed by atoms with van der Waals surface area (Å²) in [5, 5.41) is 0. The van der Waals surface area contributed by atoms with Crippen molar-refractivity contribution in [2.75, 3.05) is 14.2 Å². The molecule has 0 bridgehead atoms. The maximum atomic E-state index is 11.1. The number of hydrogen-bond acceptors (Lipinski definition) is 4. The molecule has 17 heavy (non-hydrogen) atoms. The summed E-state index contributed by atoms with van der Waals surface area (Å²) in [6.45, 7) is 1.76. The Morgan fingerprint density at radius 1 is 1.29 bits per heavy atom. The molecule has 7 heteroatoms. The predicted molar refractivity (Wildman–Crippen MR) is 70.5 cm³/mol. The molecule has 0 aromatic heterocycles. The molecule has 1 aromatic rings. The first-order valence-electron chi connectivity index (χ1n) is 4.62. The Bertz CT molecular complexity index is 528. The van der Waals surface area contributed by atoms with Crippen molar-refractivity contribution >= 4 is 35.7 Å². The van der Waals surface area contributed by atoms with Crippen molar-refractivity contribution in [3.05, 3.63) is 21.7 Å². The molecular weight excluding hydrogens is 332 g/mol. The van der Waals surface area contributed by atoms with Crippen LogP contribution in [-0.2, 0) is 14.8 Å². The van der Waals surface area contributed by atoms with E-state index in [2.05, 4.69) is 15.9 Å². The maximum absolute atomic E-state index is 11.1. The Labute approximate surface area is 113 Å². The van der Waals surface area contributed by atoms with Gasteiger partial charge in [-0.2, -0.15) is 0 Å². The summed E-state index contributed by atoms with van der Waals surface area (Å²) in [5.41, 5.74) is 1.27. The van der Waals surface area contributed by atoms with Crippen LogP contribution in [0, 0.1) is 6.92 Å². The lowest BCUT2D eigenvalue weighted by Crippen LogP contribution is -2.02. The Morgan fingerprint density at radius 2 is 1.82 bits per heavy atom. The Morgan fingerprint density at radius 3 is 2.24 bits per heavy atom. The van der Waals surface area contributed by atoms with E-state index in [4.69, 9.17) is 20.2 Å². The summed E-state index contributed by atoms with van der Waals surface area (Å²) in [6, 6.07) is 1.66. The van der Waals surface area contributed by atoms with E-state index in [-0.39, 0.29) is 5.75 Å². The third kappa shape index (κ3) is 3.50. The summed E-state index contributed by atoms with van der Waals surface area (Å²) >= 11 is 3.30. The van der Waals surface area contributed by atoms with Gasteiger partial charge in [-0.25, -0.2) is 8.42 Å². The zero-order chi connectivity index (χ0) is 13.2. The molecule has 0 heterocycles. The van der Waals surface area contributed by atoms with Gasteiger partial charge in [0, 0.05) is 10.7 Å². The van der Waals surface area contributed by atoms with Crippen molar-refractivity contribution < 1.29 is 17.9 Å². The molecule has 0 N–H and O–H groups in total. The van der Waals surface area contributed by atoms with Gasteiger partial charge in [0.05, 0.1) is 24.4 Å². The van der Waals surface area contributed by atoms with Gasteiger partial charge in [-0.05, 0) is 40.0 Å². The number of ether oxygens (including phenoxy) is 2. The largest absolute Gasteiger partial charge is 0.493 e. The van der Waals surface area contributed by atoms with Gasteiger partial charge >= 0.3 is 0 Å². The van der Waals surface area contributed by atoms with Crippen molar-refractivity contribution in [2.24, 2.45) is 0 Å². The SMILES string of the molecule is COc1c(Br)cc(CS(=O)(=O)Cl)c(C)c1OC. The number of halogens is 2. The highest BCUT2D eigenvalue weighted by Gasteiger charge is 2.18. The molecule has 0 spiro atoms. The quantitative estimate of drug-likeness (QED) is 0.789. The number of methoxy groups -OCH3 is 2. The van der Waals surface area contributed by atoms with E-state index in [0.29, 0.717) is 27.1 Å². The highest BCUT2D eigenvalue weighted by atomic mass is 79.9. The highest BCUT2D eigenvalue weighted by molar-refractivity contribution is 9.10. The summed E-state index contributed by atoms with van der Waals surface area (Å²) in [6.07, 6.45) is 0. The van der Waals surface area contributed by atoms with Gasteiger partial charge in [0.15, 0.2) is 11.5 Å². The van der Waals surface area contributed by atoms with Crippen LogP contribution in [0.25, 0.3) is 0 Å². The van der Waals surface area contributed by atoms with Crippen LogP contribution in [0.4, 0.5) is 0 Å². The molecule has 0 unspecified atom stereocenters. The molecule has 0 amide bonds. The van der Waals surface area contributed by atoms with Crippen molar-refractivity contribution in [2.45, 2.75) is 12.7 Å². The van der Waals surface area contributed by atoms with E-state index in [0.717, 1.165) is 0 Å². The van der Waals surface area contributed by atoms with Gasteiger partial charge in [0.25, 0.3) is 0 Å². The monoisotopic (exact) mass is 342 g/mol. The third-order valence-corrected chi connectivity index (χ3v) is 3.85. The van der Waals surface area contributed by atoms with E-state index in [1.54, 1.807) is 13.0 Å². The Balaban J connectivity index is 3.40. The lowest BCUT2D eigenvalue weighted by atomic mass is 10.1.